The molecular formula is C62H104O6. The van der Waals surface area contributed by atoms with Gasteiger partial charge in [0, 0.05) is 19.3 Å². The van der Waals surface area contributed by atoms with Crippen molar-refractivity contribution in [3.8, 4) is 0 Å². The largest absolute Gasteiger partial charge is 0.462 e. The molecule has 0 N–H and O–H groups in total. The van der Waals surface area contributed by atoms with Gasteiger partial charge in [0.15, 0.2) is 6.10 Å². The summed E-state index contributed by atoms with van der Waals surface area (Å²) in [6.45, 7) is 6.44. The third-order valence-corrected chi connectivity index (χ3v) is 11.8. The van der Waals surface area contributed by atoms with Crippen LogP contribution in [0.5, 0.6) is 0 Å². The van der Waals surface area contributed by atoms with E-state index in [-0.39, 0.29) is 37.5 Å². The number of unbranched alkanes of at least 4 members (excludes halogenated alkanes) is 24. The number of carbonyl (C=O) groups is 3. The summed E-state index contributed by atoms with van der Waals surface area (Å²) < 4.78 is 16.8. The van der Waals surface area contributed by atoms with Gasteiger partial charge in [0.25, 0.3) is 0 Å². The molecule has 0 heterocycles. The summed E-state index contributed by atoms with van der Waals surface area (Å²) in [6, 6.07) is 0. The minimum Gasteiger partial charge on any atom is -0.462 e. The molecule has 0 radical (unpaired) electrons. The smallest absolute Gasteiger partial charge is 0.306 e. The Morgan fingerprint density at radius 1 is 0.324 bits per heavy atom. The second kappa shape index (κ2) is 55.9. The van der Waals surface area contributed by atoms with Crippen molar-refractivity contribution in [1.82, 2.24) is 0 Å². The lowest BCUT2D eigenvalue weighted by Crippen LogP contribution is -2.30. The van der Waals surface area contributed by atoms with E-state index in [1.54, 1.807) is 0 Å². The topological polar surface area (TPSA) is 78.9 Å². The standard InChI is InChI=1S/C62H104O6/c1-4-7-10-13-16-19-22-25-28-30-31-33-34-37-40-43-46-49-52-55-61(64)67-58-59(57-66-60(63)54-51-48-45-42-39-36-27-24-21-18-15-12-9-6-3)68-62(65)56-53-50-47-44-41-38-35-32-29-26-23-20-17-14-11-8-5-2/h8,11,16-17,19-20,22,25-26,29,35-36,38-39,44,47,59H,4-7,9-10,12-15,18,21,23-24,27-28,30-34,37,40-43,45-46,48-58H2,1-3H3/b11-8-,19-16-,20-17-,25-22-,29-26-,38-35-,39-36-,47-44-. The van der Waals surface area contributed by atoms with Crippen molar-refractivity contribution in [2.45, 2.75) is 264 Å². The number of hydrogen-bond donors (Lipinski definition) is 0. The highest BCUT2D eigenvalue weighted by molar-refractivity contribution is 5.71. The van der Waals surface area contributed by atoms with Crippen LogP contribution in [0.1, 0.15) is 258 Å². The van der Waals surface area contributed by atoms with Crippen LogP contribution >= 0.6 is 0 Å². The molecule has 0 spiro atoms. The van der Waals surface area contributed by atoms with Gasteiger partial charge in [-0.2, -0.15) is 0 Å². The Balaban J connectivity index is 4.48. The Kier molecular flexibility index (Phi) is 52.9. The van der Waals surface area contributed by atoms with Crippen LogP contribution in [0.4, 0.5) is 0 Å². The number of carbonyl (C=O) groups excluding carboxylic acids is 3. The molecule has 6 nitrogen and oxygen atoms in total. The van der Waals surface area contributed by atoms with E-state index in [4.69, 9.17) is 14.2 Å². The Labute approximate surface area is 419 Å². The van der Waals surface area contributed by atoms with E-state index in [0.717, 1.165) is 89.9 Å². The lowest BCUT2D eigenvalue weighted by Gasteiger charge is -2.18. The number of rotatable bonds is 50. The fraction of sp³-hybridized carbons (Fsp3) is 0.694. The molecule has 0 saturated carbocycles. The van der Waals surface area contributed by atoms with Crippen molar-refractivity contribution in [2.75, 3.05) is 13.2 Å². The van der Waals surface area contributed by atoms with Crippen LogP contribution in [0.3, 0.4) is 0 Å². The molecule has 0 rings (SSSR count). The molecular weight excluding hydrogens is 841 g/mol. The van der Waals surface area contributed by atoms with E-state index in [9.17, 15) is 14.4 Å². The zero-order chi connectivity index (χ0) is 49.3. The quantitative estimate of drug-likeness (QED) is 0.0199. The highest BCUT2D eigenvalue weighted by Gasteiger charge is 2.19. The summed E-state index contributed by atoms with van der Waals surface area (Å²) in [5.74, 6) is -0.984. The highest BCUT2D eigenvalue weighted by Crippen LogP contribution is 2.14. The third-order valence-electron chi connectivity index (χ3n) is 11.8. The highest BCUT2D eigenvalue weighted by atomic mass is 16.6. The van der Waals surface area contributed by atoms with Crippen molar-refractivity contribution in [3.05, 3.63) is 97.2 Å². The first-order chi connectivity index (χ1) is 33.5. The molecule has 68 heavy (non-hydrogen) atoms. The van der Waals surface area contributed by atoms with E-state index in [1.165, 1.54) is 122 Å². The number of allylic oxidation sites excluding steroid dienone is 16. The predicted molar refractivity (Wildman–Crippen MR) is 293 cm³/mol. The van der Waals surface area contributed by atoms with Gasteiger partial charge >= 0.3 is 17.9 Å². The molecule has 0 amide bonds. The van der Waals surface area contributed by atoms with Crippen LogP contribution in [-0.2, 0) is 28.6 Å². The van der Waals surface area contributed by atoms with Gasteiger partial charge in [0.1, 0.15) is 13.2 Å². The lowest BCUT2D eigenvalue weighted by atomic mass is 10.1. The number of hydrogen-bond acceptors (Lipinski definition) is 6. The summed E-state index contributed by atoms with van der Waals surface area (Å²) in [6.07, 6.45) is 74.0. The lowest BCUT2D eigenvalue weighted by molar-refractivity contribution is -0.167. The molecule has 0 aliphatic carbocycles. The second-order valence-corrected chi connectivity index (χ2v) is 18.5. The fourth-order valence-electron chi connectivity index (χ4n) is 7.58. The van der Waals surface area contributed by atoms with Crippen LogP contribution < -0.4 is 0 Å². The molecule has 1 unspecified atom stereocenters. The monoisotopic (exact) mass is 945 g/mol. The van der Waals surface area contributed by atoms with Gasteiger partial charge in [0.05, 0.1) is 0 Å². The van der Waals surface area contributed by atoms with Crippen LogP contribution in [0.2, 0.25) is 0 Å². The first-order valence-corrected chi connectivity index (χ1v) is 28.3. The molecule has 0 saturated heterocycles. The normalized spacial score (nSPS) is 12.8. The first-order valence-electron chi connectivity index (χ1n) is 28.3. The third kappa shape index (κ3) is 53.3. The molecule has 1 atom stereocenters. The van der Waals surface area contributed by atoms with Gasteiger partial charge in [0.2, 0.25) is 0 Å². The molecule has 0 aromatic rings. The van der Waals surface area contributed by atoms with E-state index in [0.29, 0.717) is 19.3 Å². The Hall–Kier alpha value is -3.67. The fourth-order valence-corrected chi connectivity index (χ4v) is 7.58. The summed E-state index contributed by atoms with van der Waals surface area (Å²) in [4.78, 5) is 38.1. The van der Waals surface area contributed by atoms with Crippen molar-refractivity contribution in [2.24, 2.45) is 0 Å². The van der Waals surface area contributed by atoms with Gasteiger partial charge < -0.3 is 14.2 Å². The zero-order valence-electron chi connectivity index (χ0n) is 44.3. The van der Waals surface area contributed by atoms with Crippen LogP contribution in [0.15, 0.2) is 97.2 Å². The molecule has 0 aromatic heterocycles. The molecule has 0 aliphatic rings. The summed E-state index contributed by atoms with van der Waals surface area (Å²) >= 11 is 0. The maximum atomic E-state index is 12.8. The Morgan fingerprint density at radius 3 is 1.09 bits per heavy atom. The molecule has 0 aromatic carbocycles. The maximum absolute atomic E-state index is 12.8. The number of ether oxygens (including phenoxy) is 3. The van der Waals surface area contributed by atoms with Crippen LogP contribution in [0.25, 0.3) is 0 Å². The van der Waals surface area contributed by atoms with E-state index >= 15 is 0 Å². The minimum atomic E-state index is -0.815. The Morgan fingerprint density at radius 2 is 0.632 bits per heavy atom. The Bertz CT molecular complexity index is 1360. The maximum Gasteiger partial charge on any atom is 0.306 e. The second-order valence-electron chi connectivity index (χ2n) is 18.5. The van der Waals surface area contributed by atoms with Gasteiger partial charge in [-0.1, -0.05) is 227 Å². The summed E-state index contributed by atoms with van der Waals surface area (Å²) in [5.41, 5.74) is 0. The van der Waals surface area contributed by atoms with E-state index in [1.807, 2.05) is 0 Å². The van der Waals surface area contributed by atoms with Crippen LogP contribution in [-0.4, -0.2) is 37.2 Å². The summed E-state index contributed by atoms with van der Waals surface area (Å²) in [5, 5.41) is 0. The molecule has 6 heteroatoms. The van der Waals surface area contributed by atoms with Crippen molar-refractivity contribution in [1.29, 1.82) is 0 Å². The van der Waals surface area contributed by atoms with Gasteiger partial charge in [-0.15, -0.1) is 0 Å². The first kappa shape index (κ1) is 64.3. The number of esters is 3. The molecule has 0 bridgehead atoms. The van der Waals surface area contributed by atoms with Gasteiger partial charge in [-0.05, 0) is 109 Å². The van der Waals surface area contributed by atoms with Crippen LogP contribution in [0, 0.1) is 0 Å². The van der Waals surface area contributed by atoms with Gasteiger partial charge in [-0.25, -0.2) is 0 Å². The molecule has 388 valence electrons. The van der Waals surface area contributed by atoms with Crippen molar-refractivity contribution < 1.29 is 28.6 Å². The average molecular weight is 946 g/mol. The van der Waals surface area contributed by atoms with Crippen molar-refractivity contribution >= 4 is 17.9 Å². The van der Waals surface area contributed by atoms with Gasteiger partial charge in [-0.3, -0.25) is 14.4 Å². The molecule has 0 aliphatic heterocycles. The van der Waals surface area contributed by atoms with Crippen molar-refractivity contribution in [3.63, 3.8) is 0 Å². The minimum absolute atomic E-state index is 0.107. The molecule has 0 fully saturated rings. The SMILES string of the molecule is CC/C=C\C/C=C\C/C=C\C/C=C\C/C=C\CCCC(=O)OC(COC(=O)CCCCC/C=C\CCCCCCCCC)COC(=O)CCCCCCCCCCCC/C=C\C=C/CCCCC. The predicted octanol–water partition coefficient (Wildman–Crippen LogP) is 18.9. The zero-order valence-corrected chi connectivity index (χ0v) is 44.3. The van der Waals surface area contributed by atoms with E-state index < -0.39 is 6.10 Å². The summed E-state index contributed by atoms with van der Waals surface area (Å²) in [7, 11) is 0. The van der Waals surface area contributed by atoms with E-state index in [2.05, 4.69) is 118 Å². The average Bonchev–Trinajstić information content (AvgIpc) is 3.34.